The zero-order chi connectivity index (χ0) is 6.81. The van der Waals surface area contributed by atoms with Gasteiger partial charge in [0, 0.05) is 11.4 Å². The molecule has 2 nitrogen and oxygen atoms in total. The lowest BCUT2D eigenvalue weighted by molar-refractivity contribution is 1.03. The van der Waals surface area contributed by atoms with Gasteiger partial charge in [0.2, 0.25) is 0 Å². The highest BCUT2D eigenvalue weighted by Gasteiger charge is 1.91. The highest BCUT2D eigenvalue weighted by molar-refractivity contribution is 5.33. The average Bonchev–Trinajstić information content (AvgIpc) is 2.05. The van der Waals surface area contributed by atoms with Gasteiger partial charge in [-0.1, -0.05) is 12.2 Å². The molecule has 0 unspecified atom stereocenters. The van der Waals surface area contributed by atoms with Crippen molar-refractivity contribution in [3.63, 3.8) is 0 Å². The van der Waals surface area contributed by atoms with E-state index in [2.05, 4.69) is 28.4 Å². The van der Waals surface area contributed by atoms with E-state index in [9.17, 15) is 0 Å². The van der Waals surface area contributed by atoms with E-state index in [1.54, 1.807) is 6.20 Å². The molecular formula is C8H7N2. The van der Waals surface area contributed by atoms with Crippen LogP contribution in [0, 0.1) is 6.33 Å². The van der Waals surface area contributed by atoms with Crippen LogP contribution in [-0.4, -0.2) is 9.97 Å². The van der Waals surface area contributed by atoms with Crippen molar-refractivity contribution in [2.45, 2.75) is 12.8 Å². The van der Waals surface area contributed by atoms with E-state index in [-0.39, 0.29) is 0 Å². The van der Waals surface area contributed by atoms with Crippen LogP contribution in [0.25, 0.3) is 12.2 Å². The third-order valence-corrected chi connectivity index (χ3v) is 1.60. The van der Waals surface area contributed by atoms with Gasteiger partial charge in [0.05, 0.1) is 5.35 Å². The van der Waals surface area contributed by atoms with Crippen molar-refractivity contribution < 1.29 is 0 Å². The van der Waals surface area contributed by atoms with Crippen LogP contribution in [0.1, 0.15) is 12.8 Å². The van der Waals surface area contributed by atoms with E-state index in [1.807, 2.05) is 0 Å². The number of hydrogen-bond acceptors (Lipinski definition) is 2. The summed E-state index contributed by atoms with van der Waals surface area (Å²) in [7, 11) is 0. The second-order valence-electron chi connectivity index (χ2n) is 2.30. The highest BCUT2D eigenvalue weighted by atomic mass is 14.8. The summed E-state index contributed by atoms with van der Waals surface area (Å²) < 4.78 is 0. The Morgan fingerprint density at radius 1 is 1.30 bits per heavy atom. The molecule has 0 spiro atoms. The van der Waals surface area contributed by atoms with Gasteiger partial charge < -0.3 is 0 Å². The van der Waals surface area contributed by atoms with Gasteiger partial charge in [-0.3, -0.25) is 0 Å². The Hall–Kier alpha value is -1.18. The Morgan fingerprint density at radius 3 is 3.10 bits per heavy atom. The fourth-order valence-corrected chi connectivity index (χ4v) is 1.09. The summed E-state index contributed by atoms with van der Waals surface area (Å²) in [6.07, 6.45) is 10.9. The van der Waals surface area contributed by atoms with Gasteiger partial charge in [-0.2, -0.15) is 0 Å². The molecule has 2 heteroatoms. The van der Waals surface area contributed by atoms with Gasteiger partial charge in [-0.15, -0.1) is 0 Å². The predicted octanol–water partition coefficient (Wildman–Crippen LogP) is -0.368. The minimum atomic E-state index is 1.03. The van der Waals surface area contributed by atoms with Crippen LogP contribution in [0.5, 0.6) is 0 Å². The monoisotopic (exact) mass is 131 g/mol. The van der Waals surface area contributed by atoms with Crippen molar-refractivity contribution >= 4 is 12.2 Å². The maximum atomic E-state index is 4.00. The molecule has 2 rings (SSSR count). The first kappa shape index (κ1) is 5.59. The first-order chi connectivity index (χ1) is 4.97. The molecule has 1 aliphatic carbocycles. The molecule has 1 aromatic rings. The quantitative estimate of drug-likeness (QED) is 0.480. The van der Waals surface area contributed by atoms with Crippen molar-refractivity contribution in [2.75, 3.05) is 0 Å². The molecule has 0 aromatic carbocycles. The Balaban J connectivity index is 2.84. The molecule has 10 heavy (non-hydrogen) atoms. The largest absolute Gasteiger partial charge is 0.233 e. The third-order valence-electron chi connectivity index (χ3n) is 1.60. The second kappa shape index (κ2) is 2.21. The molecule has 1 radical (unpaired) electrons. The highest BCUT2D eigenvalue weighted by Crippen LogP contribution is 1.92. The molecule has 0 bridgehead atoms. The predicted molar refractivity (Wildman–Crippen MR) is 38.3 cm³/mol. The number of hydrogen-bond donors (Lipinski definition) is 0. The Kier molecular flexibility index (Phi) is 1.24. The van der Waals surface area contributed by atoms with Gasteiger partial charge in [0.25, 0.3) is 0 Å². The summed E-state index contributed by atoms with van der Waals surface area (Å²) in [5, 5.41) is 2.17. The number of rotatable bonds is 0. The maximum Gasteiger partial charge on any atom is 0.198 e. The fourth-order valence-electron chi connectivity index (χ4n) is 1.09. The molecule has 1 aliphatic rings. The first-order valence-corrected chi connectivity index (χ1v) is 3.36. The lowest BCUT2D eigenvalue weighted by Gasteiger charge is -1.94. The Morgan fingerprint density at radius 2 is 2.20 bits per heavy atom. The van der Waals surface area contributed by atoms with Gasteiger partial charge in [-0.05, 0) is 12.8 Å². The Labute approximate surface area is 58.9 Å². The molecule has 1 heterocycles. The topological polar surface area (TPSA) is 25.8 Å². The summed E-state index contributed by atoms with van der Waals surface area (Å²) in [6.45, 7) is 0. The summed E-state index contributed by atoms with van der Waals surface area (Å²) >= 11 is 0. The molecule has 0 aliphatic heterocycles. The van der Waals surface area contributed by atoms with Crippen molar-refractivity contribution in [3.05, 3.63) is 23.1 Å². The van der Waals surface area contributed by atoms with Crippen LogP contribution in [0.3, 0.4) is 0 Å². The van der Waals surface area contributed by atoms with E-state index in [0.29, 0.717) is 0 Å². The molecule has 0 amide bonds. The van der Waals surface area contributed by atoms with Crippen LogP contribution in [0.2, 0.25) is 0 Å². The third kappa shape index (κ3) is 0.817. The molecule has 0 atom stereocenters. The molecule has 0 fully saturated rings. The van der Waals surface area contributed by atoms with E-state index >= 15 is 0 Å². The number of fused-ring (bicyclic) bond motifs is 1. The minimum Gasteiger partial charge on any atom is -0.233 e. The van der Waals surface area contributed by atoms with Gasteiger partial charge in [-0.25, -0.2) is 9.97 Å². The lowest BCUT2D eigenvalue weighted by atomic mass is 10.2. The Bertz CT molecular complexity index is 306. The van der Waals surface area contributed by atoms with E-state index in [4.69, 9.17) is 0 Å². The molecule has 0 saturated heterocycles. The van der Waals surface area contributed by atoms with Crippen molar-refractivity contribution in [3.8, 4) is 0 Å². The SMILES string of the molecule is [c]1ncc2c(n1)=CCCC=2. The normalized spacial score (nSPS) is 14.8. The van der Waals surface area contributed by atoms with Crippen molar-refractivity contribution in [2.24, 2.45) is 0 Å². The summed E-state index contributed by atoms with van der Waals surface area (Å²) in [5.74, 6) is 0. The minimum absolute atomic E-state index is 1.03. The summed E-state index contributed by atoms with van der Waals surface area (Å²) in [6, 6.07) is 0. The molecule has 1 aromatic heterocycles. The smallest absolute Gasteiger partial charge is 0.198 e. The number of aromatic nitrogens is 2. The van der Waals surface area contributed by atoms with E-state index in [1.165, 1.54) is 0 Å². The van der Waals surface area contributed by atoms with E-state index in [0.717, 1.165) is 23.4 Å². The van der Waals surface area contributed by atoms with Crippen LogP contribution >= 0.6 is 0 Å². The van der Waals surface area contributed by atoms with Crippen LogP contribution in [0.4, 0.5) is 0 Å². The van der Waals surface area contributed by atoms with E-state index < -0.39 is 0 Å². The molecule has 49 valence electrons. The lowest BCUT2D eigenvalue weighted by Crippen LogP contribution is -2.30. The average molecular weight is 131 g/mol. The standard InChI is InChI=1S/C8H7N2/c1-2-4-8-7(3-1)5-9-6-10-8/h3-5H,1-2H2. The van der Waals surface area contributed by atoms with Gasteiger partial charge >= 0.3 is 0 Å². The van der Waals surface area contributed by atoms with Gasteiger partial charge in [0.1, 0.15) is 0 Å². The van der Waals surface area contributed by atoms with Crippen molar-refractivity contribution in [1.29, 1.82) is 0 Å². The zero-order valence-electron chi connectivity index (χ0n) is 5.54. The van der Waals surface area contributed by atoms with Crippen molar-refractivity contribution in [1.82, 2.24) is 9.97 Å². The zero-order valence-corrected chi connectivity index (χ0v) is 5.54. The fraction of sp³-hybridized carbons (Fsp3) is 0.250. The molecular weight excluding hydrogens is 124 g/mol. The van der Waals surface area contributed by atoms with Crippen LogP contribution in [-0.2, 0) is 0 Å². The van der Waals surface area contributed by atoms with Crippen LogP contribution < -0.4 is 10.6 Å². The maximum absolute atomic E-state index is 4.00. The first-order valence-electron chi connectivity index (χ1n) is 3.36. The second-order valence-corrected chi connectivity index (χ2v) is 2.30. The van der Waals surface area contributed by atoms with Crippen LogP contribution in [0.15, 0.2) is 6.20 Å². The molecule has 0 saturated carbocycles. The summed E-state index contributed by atoms with van der Waals surface area (Å²) in [4.78, 5) is 7.81. The summed E-state index contributed by atoms with van der Waals surface area (Å²) in [5.41, 5.74) is 0. The number of nitrogens with zero attached hydrogens (tertiary/aromatic N) is 2. The molecule has 0 N–H and O–H groups in total. The van der Waals surface area contributed by atoms with Gasteiger partial charge in [0.15, 0.2) is 6.33 Å².